The van der Waals surface area contributed by atoms with Crippen molar-refractivity contribution in [1.82, 2.24) is 0 Å². The molecule has 0 aliphatic heterocycles. The summed E-state index contributed by atoms with van der Waals surface area (Å²) in [6, 6.07) is 3.62. The molecule has 0 bridgehead atoms. The number of fused-ring (bicyclic) bond motifs is 1. The highest BCUT2D eigenvalue weighted by molar-refractivity contribution is 7.89. The second-order valence-electron chi connectivity index (χ2n) is 3.99. The van der Waals surface area contributed by atoms with Crippen molar-refractivity contribution in [3.05, 3.63) is 23.3 Å². The first-order chi connectivity index (χ1) is 7.54. The maximum Gasteiger partial charge on any atom is 0.242 e. The molecule has 0 unspecified atom stereocenters. The van der Waals surface area contributed by atoms with Crippen LogP contribution in [0, 0.1) is 0 Å². The lowest BCUT2D eigenvalue weighted by Gasteiger charge is -2.20. The quantitative estimate of drug-likeness (QED) is 0.846. The number of hydrogen-bond donors (Lipinski definition) is 1. The van der Waals surface area contributed by atoms with Crippen LogP contribution in [0.2, 0.25) is 0 Å². The number of hydrogen-bond acceptors (Lipinski definition) is 3. The summed E-state index contributed by atoms with van der Waals surface area (Å²) in [5.41, 5.74) is 1.92. The summed E-state index contributed by atoms with van der Waals surface area (Å²) in [5.74, 6) is 0.350. The topological polar surface area (TPSA) is 69.4 Å². The second kappa shape index (κ2) is 4.07. The van der Waals surface area contributed by atoms with Crippen LogP contribution in [0.25, 0.3) is 0 Å². The molecule has 0 radical (unpaired) electrons. The third kappa shape index (κ3) is 1.92. The number of rotatable bonds is 2. The molecule has 1 aromatic rings. The SMILES string of the molecule is COc1ccc2c(c1S(N)(=O)=O)CCCC2. The second-order valence-corrected chi connectivity index (χ2v) is 5.49. The Morgan fingerprint density at radius 3 is 2.56 bits per heavy atom. The van der Waals surface area contributed by atoms with Crippen molar-refractivity contribution in [2.45, 2.75) is 30.6 Å². The van der Waals surface area contributed by atoms with Crippen LogP contribution in [-0.2, 0) is 22.9 Å². The molecule has 0 amide bonds. The van der Waals surface area contributed by atoms with E-state index in [1.165, 1.54) is 7.11 Å². The van der Waals surface area contributed by atoms with E-state index >= 15 is 0 Å². The summed E-state index contributed by atoms with van der Waals surface area (Å²) < 4.78 is 28.2. The monoisotopic (exact) mass is 241 g/mol. The van der Waals surface area contributed by atoms with Crippen molar-refractivity contribution in [2.24, 2.45) is 5.14 Å². The average Bonchev–Trinajstić information content (AvgIpc) is 2.26. The highest BCUT2D eigenvalue weighted by Crippen LogP contribution is 2.33. The third-order valence-electron chi connectivity index (χ3n) is 2.95. The normalized spacial score (nSPS) is 15.6. The van der Waals surface area contributed by atoms with Gasteiger partial charge in [0, 0.05) is 0 Å². The molecule has 0 aromatic heterocycles. The Hall–Kier alpha value is -1.07. The molecule has 4 nitrogen and oxygen atoms in total. The largest absolute Gasteiger partial charge is 0.495 e. The first kappa shape index (κ1) is 11.4. The third-order valence-corrected chi connectivity index (χ3v) is 3.97. The molecule has 0 fully saturated rings. The van der Waals surface area contributed by atoms with Gasteiger partial charge in [0.25, 0.3) is 0 Å². The Labute approximate surface area is 95.5 Å². The van der Waals surface area contributed by atoms with Gasteiger partial charge in [0.15, 0.2) is 0 Å². The van der Waals surface area contributed by atoms with Gasteiger partial charge in [0.1, 0.15) is 10.6 Å². The maximum atomic E-state index is 11.6. The van der Waals surface area contributed by atoms with Gasteiger partial charge in [-0.1, -0.05) is 6.07 Å². The van der Waals surface area contributed by atoms with Gasteiger partial charge in [-0.05, 0) is 42.9 Å². The molecular weight excluding hydrogens is 226 g/mol. The number of nitrogens with two attached hydrogens (primary N) is 1. The van der Waals surface area contributed by atoms with Gasteiger partial charge < -0.3 is 4.74 Å². The minimum absolute atomic E-state index is 0.173. The number of aryl methyl sites for hydroxylation is 1. The fourth-order valence-corrected chi connectivity index (χ4v) is 3.25. The van der Waals surface area contributed by atoms with Crippen LogP contribution in [0.15, 0.2) is 17.0 Å². The van der Waals surface area contributed by atoms with E-state index in [1.807, 2.05) is 6.07 Å². The van der Waals surface area contributed by atoms with Crippen molar-refractivity contribution in [2.75, 3.05) is 7.11 Å². The minimum Gasteiger partial charge on any atom is -0.495 e. The van der Waals surface area contributed by atoms with Crippen molar-refractivity contribution >= 4 is 10.0 Å². The first-order valence-corrected chi connectivity index (χ1v) is 6.80. The van der Waals surface area contributed by atoms with Crippen LogP contribution in [0.4, 0.5) is 0 Å². The Morgan fingerprint density at radius 1 is 1.25 bits per heavy atom. The van der Waals surface area contributed by atoms with Crippen molar-refractivity contribution < 1.29 is 13.2 Å². The Kier molecular flexibility index (Phi) is 2.90. The number of methoxy groups -OCH3 is 1. The maximum absolute atomic E-state index is 11.6. The molecule has 5 heteroatoms. The zero-order chi connectivity index (χ0) is 11.8. The van der Waals surface area contributed by atoms with Crippen LogP contribution >= 0.6 is 0 Å². The molecule has 2 rings (SSSR count). The minimum atomic E-state index is -3.71. The summed E-state index contributed by atoms with van der Waals surface area (Å²) in [7, 11) is -2.25. The highest BCUT2D eigenvalue weighted by atomic mass is 32.2. The zero-order valence-electron chi connectivity index (χ0n) is 9.19. The molecule has 88 valence electrons. The van der Waals surface area contributed by atoms with E-state index in [-0.39, 0.29) is 4.90 Å². The van der Waals surface area contributed by atoms with Gasteiger partial charge in [0.05, 0.1) is 7.11 Å². The van der Waals surface area contributed by atoms with Crippen LogP contribution in [-0.4, -0.2) is 15.5 Å². The lowest BCUT2D eigenvalue weighted by molar-refractivity contribution is 0.400. The molecule has 0 atom stereocenters. The number of benzene rings is 1. The summed E-state index contributed by atoms with van der Waals surface area (Å²) >= 11 is 0. The molecule has 16 heavy (non-hydrogen) atoms. The fraction of sp³-hybridized carbons (Fsp3) is 0.455. The number of ether oxygens (including phenoxy) is 1. The predicted molar refractivity (Wildman–Crippen MR) is 61.0 cm³/mol. The summed E-state index contributed by atoms with van der Waals surface area (Å²) in [6.45, 7) is 0. The standard InChI is InChI=1S/C11H15NO3S/c1-15-10-7-6-8-4-2-3-5-9(8)11(10)16(12,13)14/h6-7H,2-5H2,1H3,(H2,12,13,14). The highest BCUT2D eigenvalue weighted by Gasteiger charge is 2.24. The average molecular weight is 241 g/mol. The summed E-state index contributed by atoms with van der Waals surface area (Å²) in [6.07, 6.45) is 3.78. The first-order valence-electron chi connectivity index (χ1n) is 5.25. The lowest BCUT2D eigenvalue weighted by Crippen LogP contribution is -2.18. The number of primary sulfonamides is 1. The zero-order valence-corrected chi connectivity index (χ0v) is 10.0. The molecule has 0 saturated heterocycles. The van der Waals surface area contributed by atoms with E-state index in [1.54, 1.807) is 6.07 Å². The predicted octanol–water partition coefficient (Wildman–Crippen LogP) is 1.22. The fourth-order valence-electron chi connectivity index (χ4n) is 2.25. The molecular formula is C11H15NO3S. The molecule has 2 N–H and O–H groups in total. The number of sulfonamides is 1. The van der Waals surface area contributed by atoms with Gasteiger partial charge in [-0.3, -0.25) is 0 Å². The summed E-state index contributed by atoms with van der Waals surface area (Å²) in [5, 5.41) is 5.25. The van der Waals surface area contributed by atoms with E-state index in [0.717, 1.165) is 36.8 Å². The lowest BCUT2D eigenvalue weighted by atomic mass is 9.91. The van der Waals surface area contributed by atoms with Crippen LogP contribution in [0.1, 0.15) is 24.0 Å². The van der Waals surface area contributed by atoms with Crippen molar-refractivity contribution in [3.63, 3.8) is 0 Å². The van der Waals surface area contributed by atoms with E-state index in [4.69, 9.17) is 9.88 Å². The molecule has 1 aliphatic rings. The van der Waals surface area contributed by atoms with Crippen molar-refractivity contribution in [1.29, 1.82) is 0 Å². The van der Waals surface area contributed by atoms with Gasteiger partial charge in [-0.25, -0.2) is 13.6 Å². The van der Waals surface area contributed by atoms with Gasteiger partial charge in [-0.2, -0.15) is 0 Å². The van der Waals surface area contributed by atoms with Gasteiger partial charge in [-0.15, -0.1) is 0 Å². The van der Waals surface area contributed by atoms with Crippen LogP contribution in [0.3, 0.4) is 0 Å². The van der Waals surface area contributed by atoms with Gasteiger partial charge >= 0.3 is 0 Å². The smallest absolute Gasteiger partial charge is 0.242 e. The van der Waals surface area contributed by atoms with Crippen LogP contribution in [0.5, 0.6) is 5.75 Å². The molecule has 0 heterocycles. The van der Waals surface area contributed by atoms with E-state index in [0.29, 0.717) is 5.75 Å². The van der Waals surface area contributed by atoms with E-state index < -0.39 is 10.0 Å². The van der Waals surface area contributed by atoms with Crippen molar-refractivity contribution in [3.8, 4) is 5.75 Å². The Balaban J connectivity index is 2.71. The van der Waals surface area contributed by atoms with E-state index in [9.17, 15) is 8.42 Å². The summed E-state index contributed by atoms with van der Waals surface area (Å²) in [4.78, 5) is 0.173. The molecule has 1 aromatic carbocycles. The molecule has 0 spiro atoms. The van der Waals surface area contributed by atoms with Gasteiger partial charge in [0.2, 0.25) is 10.0 Å². The van der Waals surface area contributed by atoms with E-state index in [2.05, 4.69) is 0 Å². The Morgan fingerprint density at radius 2 is 1.94 bits per heavy atom. The Bertz CT molecular complexity index is 508. The molecule has 1 aliphatic carbocycles. The molecule has 0 saturated carbocycles. The van der Waals surface area contributed by atoms with Crippen LogP contribution < -0.4 is 9.88 Å².